The molecule has 0 radical (unpaired) electrons. The summed E-state index contributed by atoms with van der Waals surface area (Å²) in [6.45, 7) is 3.65. The number of hydrogen-bond donors (Lipinski definition) is 0. The zero-order valence-electron chi connectivity index (χ0n) is 15.6. The van der Waals surface area contributed by atoms with Gasteiger partial charge in [0.2, 0.25) is 23.1 Å². The van der Waals surface area contributed by atoms with Crippen molar-refractivity contribution in [3.05, 3.63) is 84.6 Å². The molecule has 0 bridgehead atoms. The van der Waals surface area contributed by atoms with E-state index in [-0.39, 0.29) is 44.9 Å². The minimum atomic E-state index is 0. The third-order valence-corrected chi connectivity index (χ3v) is 3.47. The van der Waals surface area contributed by atoms with Crippen molar-refractivity contribution < 1.29 is 40.9 Å². The van der Waals surface area contributed by atoms with Crippen LogP contribution in [0.25, 0.3) is 0 Å². The molecule has 0 atom stereocenters. The fraction of sp³-hybridized carbons (Fsp3) is 0.182. The summed E-state index contributed by atoms with van der Waals surface area (Å²) in [5.41, 5.74) is 1.42. The molecule has 0 aliphatic heterocycles. The molecule has 0 unspecified atom stereocenters. The molecule has 4 N–H and O–H groups in total. The van der Waals surface area contributed by atoms with Crippen molar-refractivity contribution in [2.24, 2.45) is 0 Å². The SMILES string of the molecule is CCC(=[OH+])[CH-]C(=[OH+])c1ccccc1.CCC(=[OH+])[CH-]C(=[OH+])c1ccccc1.[Ti]. The predicted molar refractivity (Wildman–Crippen MR) is 108 cm³/mol. The Kier molecular flexibility index (Phi) is 12.5. The fourth-order valence-electron chi connectivity index (χ4n) is 1.90. The summed E-state index contributed by atoms with van der Waals surface area (Å²) in [5.74, 6) is 0.558. The maximum Gasteiger partial charge on any atom is 0.250 e. The van der Waals surface area contributed by atoms with Crippen LogP contribution in [0.15, 0.2) is 60.7 Å². The molecule has 0 heterocycles. The van der Waals surface area contributed by atoms with Crippen molar-refractivity contribution >= 4 is 23.1 Å². The quantitative estimate of drug-likeness (QED) is 0.213. The Hall–Kier alpha value is -2.43. The largest absolute Gasteiger partial charge is 0.313 e. The average molecular weight is 402 g/mol. The molecule has 2 rings (SSSR count). The monoisotopic (exact) mass is 402 g/mol. The summed E-state index contributed by atoms with van der Waals surface area (Å²) in [6, 6.07) is 18.2. The molecular formula is C22H26O4Ti+2. The number of ketones is 4. The van der Waals surface area contributed by atoms with Gasteiger partial charge in [-0.3, -0.25) is 9.59 Å². The molecule has 5 heteroatoms. The second-order valence-electron chi connectivity index (χ2n) is 5.48. The maximum absolute atomic E-state index is 9.50. The minimum Gasteiger partial charge on any atom is -0.313 e. The Labute approximate surface area is 175 Å². The molecule has 2 aromatic rings. The average Bonchev–Trinajstić information content (AvgIpc) is 2.69. The summed E-state index contributed by atoms with van der Waals surface area (Å²) >= 11 is 0. The summed E-state index contributed by atoms with van der Waals surface area (Å²) in [5, 5.41) is 0. The van der Waals surface area contributed by atoms with Crippen LogP contribution in [0.1, 0.15) is 37.8 Å². The Balaban J connectivity index is 0.000000483. The Morgan fingerprint density at radius 1 is 0.630 bits per heavy atom. The molecule has 2 aromatic carbocycles. The van der Waals surface area contributed by atoms with Gasteiger partial charge >= 0.3 is 0 Å². The van der Waals surface area contributed by atoms with Gasteiger partial charge in [-0.05, 0) is 12.8 Å². The van der Waals surface area contributed by atoms with Crippen LogP contribution < -0.4 is 0 Å². The van der Waals surface area contributed by atoms with Crippen molar-refractivity contribution in [1.29, 1.82) is 0 Å². The van der Waals surface area contributed by atoms with E-state index in [1.807, 2.05) is 50.2 Å². The van der Waals surface area contributed by atoms with Crippen molar-refractivity contribution in [2.75, 3.05) is 0 Å². The topological polar surface area (TPSA) is 85.6 Å². The summed E-state index contributed by atoms with van der Waals surface area (Å²) in [6.07, 6.45) is 3.79. The first-order chi connectivity index (χ1) is 12.5. The van der Waals surface area contributed by atoms with Gasteiger partial charge in [0, 0.05) is 34.6 Å². The second-order valence-corrected chi connectivity index (χ2v) is 5.48. The molecule has 0 saturated carbocycles. The maximum atomic E-state index is 9.50. The number of hydrogen-bond acceptors (Lipinski definition) is 0. The van der Waals surface area contributed by atoms with Gasteiger partial charge in [0.05, 0.1) is 0 Å². The van der Waals surface area contributed by atoms with Gasteiger partial charge in [-0.1, -0.05) is 61.4 Å². The van der Waals surface area contributed by atoms with E-state index in [4.69, 9.17) is 9.59 Å². The molecular weight excluding hydrogens is 376 g/mol. The molecule has 0 amide bonds. The van der Waals surface area contributed by atoms with Crippen LogP contribution in [0.2, 0.25) is 0 Å². The Morgan fingerprint density at radius 3 is 1.19 bits per heavy atom. The first kappa shape index (κ1) is 24.6. The third-order valence-electron chi connectivity index (χ3n) is 3.47. The molecule has 0 fully saturated rings. The fourth-order valence-corrected chi connectivity index (χ4v) is 1.90. The molecule has 0 spiro atoms. The van der Waals surface area contributed by atoms with E-state index in [0.717, 1.165) is 0 Å². The minimum absolute atomic E-state index is 0. The van der Waals surface area contributed by atoms with Crippen LogP contribution in [0, 0.1) is 12.8 Å². The van der Waals surface area contributed by atoms with Crippen LogP contribution in [0.3, 0.4) is 0 Å². The zero-order chi connectivity index (χ0) is 19.4. The first-order valence-corrected chi connectivity index (χ1v) is 8.49. The van der Waals surface area contributed by atoms with Gasteiger partial charge in [0.1, 0.15) is 0 Å². The number of carbonyl (C=O) groups excluding carboxylic acids is 4. The molecule has 0 aliphatic rings. The van der Waals surface area contributed by atoms with E-state index in [1.54, 1.807) is 24.3 Å². The van der Waals surface area contributed by atoms with Gasteiger partial charge in [0.15, 0.2) is 0 Å². The molecule has 0 aliphatic carbocycles. The Morgan fingerprint density at radius 2 is 0.926 bits per heavy atom. The van der Waals surface area contributed by atoms with Crippen LogP contribution in [0.5, 0.6) is 0 Å². The number of rotatable bonds is 8. The molecule has 0 aromatic heterocycles. The van der Waals surface area contributed by atoms with Crippen LogP contribution in [-0.4, -0.2) is 42.3 Å². The van der Waals surface area contributed by atoms with E-state index in [9.17, 15) is 9.59 Å². The standard InChI is InChI=1S/2C11H11O2.Ti/c2*1-2-10(12)8-11(13)9-6-4-3-5-7-9;/h2*3-8H,2H2,1H3;/q2*-1;/p+4. The Bertz CT molecular complexity index is 674. The van der Waals surface area contributed by atoms with Gasteiger partial charge in [0.25, 0.3) is 0 Å². The molecule has 140 valence electrons. The van der Waals surface area contributed by atoms with Gasteiger partial charge in [-0.15, -0.1) is 24.3 Å². The van der Waals surface area contributed by atoms with E-state index < -0.39 is 0 Å². The molecule has 0 saturated heterocycles. The van der Waals surface area contributed by atoms with Gasteiger partial charge in [-0.2, -0.15) is 0 Å². The summed E-state index contributed by atoms with van der Waals surface area (Å²) in [4.78, 5) is 37.3. The summed E-state index contributed by atoms with van der Waals surface area (Å²) in [7, 11) is 0. The normalized spacial score (nSPS) is 8.96. The van der Waals surface area contributed by atoms with Gasteiger partial charge < -0.3 is 9.59 Å². The second kappa shape index (κ2) is 13.7. The van der Waals surface area contributed by atoms with Crippen molar-refractivity contribution in [3.8, 4) is 0 Å². The smallest absolute Gasteiger partial charge is 0.250 e. The molecule has 27 heavy (non-hydrogen) atoms. The van der Waals surface area contributed by atoms with Crippen LogP contribution >= 0.6 is 0 Å². The van der Waals surface area contributed by atoms with Crippen molar-refractivity contribution in [2.45, 2.75) is 26.7 Å². The van der Waals surface area contributed by atoms with Crippen LogP contribution in [0.4, 0.5) is 0 Å². The predicted octanol–water partition coefficient (Wildman–Crippen LogP) is 3.48. The summed E-state index contributed by atoms with van der Waals surface area (Å²) < 4.78 is 0. The van der Waals surface area contributed by atoms with Crippen molar-refractivity contribution in [1.82, 2.24) is 0 Å². The van der Waals surface area contributed by atoms with E-state index in [0.29, 0.717) is 24.0 Å². The van der Waals surface area contributed by atoms with E-state index in [2.05, 4.69) is 0 Å². The number of benzene rings is 2. The van der Waals surface area contributed by atoms with Crippen molar-refractivity contribution in [3.63, 3.8) is 0 Å². The molecule has 4 nitrogen and oxygen atoms in total. The zero-order valence-corrected chi connectivity index (χ0v) is 17.2. The first-order valence-electron chi connectivity index (χ1n) is 8.49. The van der Waals surface area contributed by atoms with E-state index >= 15 is 0 Å². The van der Waals surface area contributed by atoms with E-state index in [1.165, 1.54) is 12.8 Å². The third kappa shape index (κ3) is 9.73. The van der Waals surface area contributed by atoms with Crippen LogP contribution in [-0.2, 0) is 21.7 Å². The van der Waals surface area contributed by atoms with Gasteiger partial charge in [-0.25, -0.2) is 0 Å².